The molecule has 0 bridgehead atoms. The van der Waals surface area contributed by atoms with Gasteiger partial charge in [-0.25, -0.2) is 0 Å². The molecule has 2 aromatic rings. The molecule has 27 heavy (non-hydrogen) atoms. The van der Waals surface area contributed by atoms with E-state index in [4.69, 9.17) is 18.9 Å². The molecular formula is C18H20N2O7. The summed E-state index contributed by atoms with van der Waals surface area (Å²) in [7, 11) is 4.30. The van der Waals surface area contributed by atoms with Crippen LogP contribution >= 0.6 is 0 Å². The third kappa shape index (κ3) is 4.38. The molecule has 0 atom stereocenters. The number of anilines is 1. The Hall–Kier alpha value is -3.49. The van der Waals surface area contributed by atoms with Crippen LogP contribution in [0.2, 0.25) is 0 Å². The minimum Gasteiger partial charge on any atom is -0.494 e. The van der Waals surface area contributed by atoms with Crippen LogP contribution in [0, 0.1) is 10.1 Å². The first-order valence-electron chi connectivity index (χ1n) is 7.97. The second-order valence-corrected chi connectivity index (χ2v) is 5.24. The predicted octanol–water partition coefficient (Wildman–Crippen LogP) is 3.27. The molecule has 0 heterocycles. The number of carbonyl (C=O) groups is 1. The van der Waals surface area contributed by atoms with Crippen LogP contribution in [0.3, 0.4) is 0 Å². The van der Waals surface area contributed by atoms with Gasteiger partial charge in [0.2, 0.25) is 5.75 Å². The van der Waals surface area contributed by atoms with Crippen molar-refractivity contribution < 1.29 is 28.7 Å². The Morgan fingerprint density at radius 2 is 1.70 bits per heavy atom. The quantitative estimate of drug-likeness (QED) is 0.556. The Bertz CT molecular complexity index is 827. The van der Waals surface area contributed by atoms with E-state index in [0.717, 1.165) is 0 Å². The van der Waals surface area contributed by atoms with Crippen molar-refractivity contribution in [3.8, 4) is 23.0 Å². The number of ether oxygens (including phenoxy) is 4. The van der Waals surface area contributed by atoms with Crippen LogP contribution in [0.25, 0.3) is 0 Å². The first-order valence-corrected chi connectivity index (χ1v) is 7.97. The lowest BCUT2D eigenvalue weighted by molar-refractivity contribution is -0.384. The molecular weight excluding hydrogens is 356 g/mol. The molecule has 9 nitrogen and oxygen atoms in total. The fraction of sp³-hybridized carbons (Fsp3) is 0.278. The summed E-state index contributed by atoms with van der Waals surface area (Å²) in [6, 6.07) is 7.13. The number of hydrogen-bond donors (Lipinski definition) is 1. The van der Waals surface area contributed by atoms with Crippen LogP contribution in [-0.2, 0) is 0 Å². The van der Waals surface area contributed by atoms with E-state index in [9.17, 15) is 14.9 Å². The molecule has 0 aliphatic carbocycles. The van der Waals surface area contributed by atoms with Crippen molar-refractivity contribution >= 4 is 17.3 Å². The highest BCUT2D eigenvalue weighted by molar-refractivity contribution is 6.06. The summed E-state index contributed by atoms with van der Waals surface area (Å²) < 4.78 is 20.9. The first kappa shape index (κ1) is 19.8. The number of nitrogens with one attached hydrogen (secondary N) is 1. The van der Waals surface area contributed by atoms with E-state index in [1.165, 1.54) is 45.6 Å². The lowest BCUT2D eigenvalue weighted by atomic mass is 10.1. The minimum absolute atomic E-state index is 0.0437. The zero-order valence-corrected chi connectivity index (χ0v) is 15.4. The average Bonchev–Trinajstić information content (AvgIpc) is 2.67. The normalized spacial score (nSPS) is 10.1. The molecule has 0 spiro atoms. The van der Waals surface area contributed by atoms with Gasteiger partial charge in [0.25, 0.3) is 11.6 Å². The van der Waals surface area contributed by atoms with E-state index < -0.39 is 10.8 Å². The van der Waals surface area contributed by atoms with Gasteiger partial charge in [-0.3, -0.25) is 14.9 Å². The second-order valence-electron chi connectivity index (χ2n) is 5.24. The Kier molecular flexibility index (Phi) is 6.42. The van der Waals surface area contributed by atoms with E-state index in [2.05, 4.69) is 5.32 Å². The lowest BCUT2D eigenvalue weighted by Gasteiger charge is -2.14. The molecule has 0 saturated heterocycles. The molecule has 0 saturated carbocycles. The number of carbonyl (C=O) groups excluding carboxylic acids is 1. The molecule has 0 aromatic heterocycles. The maximum Gasteiger partial charge on any atom is 0.296 e. The van der Waals surface area contributed by atoms with Crippen molar-refractivity contribution in [3.63, 3.8) is 0 Å². The Morgan fingerprint density at radius 3 is 2.19 bits per heavy atom. The number of nitrogens with zero attached hydrogens (tertiary/aromatic N) is 1. The Labute approximate surface area is 155 Å². The van der Waals surface area contributed by atoms with Crippen molar-refractivity contribution in [1.82, 2.24) is 0 Å². The predicted molar refractivity (Wildman–Crippen MR) is 98.3 cm³/mol. The van der Waals surface area contributed by atoms with E-state index in [1.807, 2.05) is 0 Å². The summed E-state index contributed by atoms with van der Waals surface area (Å²) in [6.45, 7) is 2.14. The number of rotatable bonds is 8. The summed E-state index contributed by atoms with van der Waals surface area (Å²) in [5.41, 5.74) is -0.0448. The summed E-state index contributed by atoms with van der Waals surface area (Å²) in [5.74, 6) is 0.700. The van der Waals surface area contributed by atoms with E-state index >= 15 is 0 Å². The van der Waals surface area contributed by atoms with Crippen molar-refractivity contribution in [2.75, 3.05) is 33.3 Å². The third-order valence-corrected chi connectivity index (χ3v) is 3.65. The van der Waals surface area contributed by atoms with Crippen LogP contribution in [0.15, 0.2) is 30.3 Å². The number of nitro groups is 1. The van der Waals surface area contributed by atoms with Crippen molar-refractivity contribution in [2.45, 2.75) is 6.92 Å². The summed E-state index contributed by atoms with van der Waals surface area (Å²) >= 11 is 0. The summed E-state index contributed by atoms with van der Waals surface area (Å²) in [5, 5.41) is 13.9. The summed E-state index contributed by atoms with van der Waals surface area (Å²) in [4.78, 5) is 23.4. The molecule has 0 unspecified atom stereocenters. The number of nitro benzene ring substituents is 1. The van der Waals surface area contributed by atoms with Gasteiger partial charge in [0, 0.05) is 5.56 Å². The zero-order valence-electron chi connectivity index (χ0n) is 15.4. The van der Waals surface area contributed by atoms with Gasteiger partial charge in [-0.1, -0.05) is 0 Å². The summed E-state index contributed by atoms with van der Waals surface area (Å²) in [6.07, 6.45) is 0. The number of hydrogen-bond acceptors (Lipinski definition) is 7. The van der Waals surface area contributed by atoms with Crippen LogP contribution in [0.4, 0.5) is 11.4 Å². The van der Waals surface area contributed by atoms with Gasteiger partial charge < -0.3 is 24.3 Å². The van der Waals surface area contributed by atoms with Crippen molar-refractivity contribution in [1.29, 1.82) is 0 Å². The molecule has 0 aliphatic rings. The zero-order chi connectivity index (χ0) is 20.0. The van der Waals surface area contributed by atoms with E-state index in [0.29, 0.717) is 29.6 Å². The molecule has 0 aliphatic heterocycles. The van der Waals surface area contributed by atoms with Crippen LogP contribution in [0.1, 0.15) is 17.3 Å². The number of amides is 1. The molecule has 2 aromatic carbocycles. The largest absolute Gasteiger partial charge is 0.494 e. The van der Waals surface area contributed by atoms with Crippen LogP contribution < -0.4 is 24.3 Å². The maximum atomic E-state index is 12.6. The lowest BCUT2D eigenvalue weighted by Crippen LogP contribution is -2.14. The standard InChI is InChI=1S/C18H20N2O7/c1-5-27-12-6-7-13(14(10-12)20(22)23)19-18(21)11-8-15(24-2)17(26-4)16(9-11)25-3/h6-10H,5H2,1-4H3,(H,19,21). The van der Waals surface area contributed by atoms with Gasteiger partial charge in [0.15, 0.2) is 11.5 Å². The second kappa shape index (κ2) is 8.75. The van der Waals surface area contributed by atoms with Crippen molar-refractivity contribution in [3.05, 3.63) is 46.0 Å². The highest BCUT2D eigenvalue weighted by Crippen LogP contribution is 2.38. The smallest absolute Gasteiger partial charge is 0.296 e. The van der Waals surface area contributed by atoms with Gasteiger partial charge in [-0.15, -0.1) is 0 Å². The molecule has 9 heteroatoms. The molecule has 0 fully saturated rings. The van der Waals surface area contributed by atoms with E-state index in [1.54, 1.807) is 13.0 Å². The van der Waals surface area contributed by atoms with Crippen LogP contribution in [0.5, 0.6) is 23.0 Å². The number of benzene rings is 2. The van der Waals surface area contributed by atoms with Gasteiger partial charge in [-0.05, 0) is 31.2 Å². The van der Waals surface area contributed by atoms with Gasteiger partial charge >= 0.3 is 0 Å². The van der Waals surface area contributed by atoms with Gasteiger partial charge in [-0.2, -0.15) is 0 Å². The molecule has 2 rings (SSSR count). The Balaban J connectivity index is 2.38. The van der Waals surface area contributed by atoms with Crippen molar-refractivity contribution in [2.24, 2.45) is 0 Å². The number of methoxy groups -OCH3 is 3. The molecule has 144 valence electrons. The minimum atomic E-state index is -0.590. The first-order chi connectivity index (χ1) is 12.9. The third-order valence-electron chi connectivity index (χ3n) is 3.65. The molecule has 1 amide bonds. The maximum absolute atomic E-state index is 12.6. The fourth-order valence-corrected chi connectivity index (χ4v) is 2.43. The topological polar surface area (TPSA) is 109 Å². The van der Waals surface area contributed by atoms with Crippen LogP contribution in [-0.4, -0.2) is 38.8 Å². The Morgan fingerprint density at radius 1 is 1.07 bits per heavy atom. The van der Waals surface area contributed by atoms with Gasteiger partial charge in [0.1, 0.15) is 11.4 Å². The highest BCUT2D eigenvalue weighted by atomic mass is 16.6. The van der Waals surface area contributed by atoms with E-state index in [-0.39, 0.29) is 16.9 Å². The molecule has 0 radical (unpaired) electrons. The molecule has 1 N–H and O–H groups in total. The van der Waals surface area contributed by atoms with Gasteiger partial charge in [0.05, 0.1) is 38.9 Å². The monoisotopic (exact) mass is 376 g/mol. The average molecular weight is 376 g/mol. The highest BCUT2D eigenvalue weighted by Gasteiger charge is 2.21. The fourth-order valence-electron chi connectivity index (χ4n) is 2.43. The SMILES string of the molecule is CCOc1ccc(NC(=O)c2cc(OC)c(OC)c(OC)c2)c([N+](=O)[O-])c1.